The lowest BCUT2D eigenvalue weighted by Crippen LogP contribution is -2.47. The maximum atomic E-state index is 12.1. The van der Waals surface area contributed by atoms with Crippen LogP contribution < -0.4 is 5.32 Å². The zero-order valence-electron chi connectivity index (χ0n) is 10.3. The number of nitrogens with one attached hydrogen (secondary N) is 1. The maximum Gasteiger partial charge on any atom is 0.249 e. The van der Waals surface area contributed by atoms with Gasteiger partial charge in [0.25, 0.3) is 0 Å². The number of carbonyl (C=O) groups is 2. The van der Waals surface area contributed by atoms with Gasteiger partial charge in [-0.25, -0.2) is 0 Å². The molecule has 0 radical (unpaired) electrons. The van der Waals surface area contributed by atoms with Crippen molar-refractivity contribution in [2.24, 2.45) is 0 Å². The molecule has 2 amide bonds. The highest BCUT2D eigenvalue weighted by Gasteiger charge is 2.43. The molecule has 1 fully saturated rings. The Morgan fingerprint density at radius 1 is 1.56 bits per heavy atom. The molecule has 0 aliphatic carbocycles. The molecule has 0 spiro atoms. The Kier molecular flexibility index (Phi) is 3.58. The first kappa shape index (κ1) is 13.3. The number of thioether (sulfide) groups is 1. The highest BCUT2D eigenvalue weighted by atomic mass is 32.2. The average Bonchev–Trinajstić information content (AvgIpc) is 2.81. The molecule has 0 bridgehead atoms. The number of rotatable bonds is 3. The van der Waals surface area contributed by atoms with Crippen molar-refractivity contribution in [2.45, 2.75) is 31.7 Å². The topological polar surface area (TPSA) is 75.2 Å². The fourth-order valence-electron chi connectivity index (χ4n) is 1.75. The zero-order valence-corrected chi connectivity index (χ0v) is 12.0. The highest BCUT2D eigenvalue weighted by Crippen LogP contribution is 2.37. The van der Waals surface area contributed by atoms with Gasteiger partial charge in [0.1, 0.15) is 11.0 Å². The molecular formula is C10H14N4O2S2. The van der Waals surface area contributed by atoms with Gasteiger partial charge in [-0.3, -0.25) is 14.9 Å². The van der Waals surface area contributed by atoms with E-state index in [1.807, 2.05) is 20.8 Å². The van der Waals surface area contributed by atoms with E-state index in [1.54, 1.807) is 16.7 Å². The molecule has 1 atom stereocenters. The van der Waals surface area contributed by atoms with Gasteiger partial charge in [0.15, 0.2) is 0 Å². The molecule has 2 heterocycles. The summed E-state index contributed by atoms with van der Waals surface area (Å²) >= 11 is 2.90. The van der Waals surface area contributed by atoms with Gasteiger partial charge in [0, 0.05) is 5.75 Å². The molecular weight excluding hydrogens is 272 g/mol. The molecule has 2 rings (SSSR count). The van der Waals surface area contributed by atoms with Crippen molar-refractivity contribution < 1.29 is 9.59 Å². The molecule has 1 aliphatic rings. The maximum absolute atomic E-state index is 12.1. The lowest BCUT2D eigenvalue weighted by atomic mass is 10.2. The molecule has 98 valence electrons. The fourth-order valence-corrected chi connectivity index (χ4v) is 3.54. The molecule has 6 nitrogen and oxygen atoms in total. The van der Waals surface area contributed by atoms with E-state index < -0.39 is 6.04 Å². The van der Waals surface area contributed by atoms with E-state index in [4.69, 9.17) is 0 Å². The van der Waals surface area contributed by atoms with Crippen LogP contribution in [0.2, 0.25) is 0 Å². The molecule has 0 saturated carbocycles. The van der Waals surface area contributed by atoms with Crippen LogP contribution in [0.15, 0.2) is 0 Å². The van der Waals surface area contributed by atoms with E-state index in [1.165, 1.54) is 11.3 Å². The number of aromatic nitrogens is 2. The normalized spacial score (nSPS) is 21.9. The van der Waals surface area contributed by atoms with E-state index in [0.29, 0.717) is 10.9 Å². The molecule has 1 saturated heterocycles. The summed E-state index contributed by atoms with van der Waals surface area (Å²) < 4.78 is 0. The van der Waals surface area contributed by atoms with Crippen molar-refractivity contribution in [1.82, 2.24) is 15.1 Å². The molecule has 8 heteroatoms. The molecule has 1 aliphatic heterocycles. The second-order valence-corrected chi connectivity index (χ2v) is 7.20. The first-order valence-electron chi connectivity index (χ1n) is 5.43. The average molecular weight is 286 g/mol. The number of carbonyl (C=O) groups excluding carboxylic acids is 2. The summed E-state index contributed by atoms with van der Waals surface area (Å²) in [4.78, 5) is 24.4. The predicted molar refractivity (Wildman–Crippen MR) is 71.5 cm³/mol. The van der Waals surface area contributed by atoms with E-state index >= 15 is 0 Å². The summed E-state index contributed by atoms with van der Waals surface area (Å²) in [7, 11) is 0. The fraction of sp³-hybridized carbons (Fsp3) is 0.600. The van der Waals surface area contributed by atoms with Crippen LogP contribution in [0.5, 0.6) is 0 Å². The van der Waals surface area contributed by atoms with Crippen LogP contribution in [0.1, 0.15) is 18.9 Å². The van der Waals surface area contributed by atoms with Crippen LogP contribution in [0.4, 0.5) is 5.13 Å². The van der Waals surface area contributed by atoms with Crippen LogP contribution in [0.3, 0.4) is 0 Å². The number of hydrogen-bond donors (Lipinski definition) is 1. The SMILES string of the molecule is Cc1nnc(NC(=O)[C@H]2CSC(C)(C)N2C=O)s1. The summed E-state index contributed by atoms with van der Waals surface area (Å²) in [6.45, 7) is 5.67. The minimum atomic E-state index is -0.452. The monoisotopic (exact) mass is 286 g/mol. The smallest absolute Gasteiger partial charge is 0.249 e. The van der Waals surface area contributed by atoms with Gasteiger partial charge in [0.05, 0.1) is 4.87 Å². The van der Waals surface area contributed by atoms with Crippen molar-refractivity contribution in [3.8, 4) is 0 Å². The van der Waals surface area contributed by atoms with Crippen molar-refractivity contribution in [3.05, 3.63) is 5.01 Å². The van der Waals surface area contributed by atoms with Crippen molar-refractivity contribution in [3.63, 3.8) is 0 Å². The Morgan fingerprint density at radius 3 is 2.83 bits per heavy atom. The van der Waals surface area contributed by atoms with Gasteiger partial charge in [-0.1, -0.05) is 11.3 Å². The quantitative estimate of drug-likeness (QED) is 0.842. The zero-order chi connectivity index (χ0) is 13.3. The summed E-state index contributed by atoms with van der Waals surface area (Å²) in [5, 5.41) is 11.6. The Balaban J connectivity index is 2.08. The third-order valence-electron chi connectivity index (χ3n) is 2.72. The standard InChI is InChI=1S/C10H14N4O2S2/c1-6-12-13-9(18-6)11-8(16)7-4-17-10(2,3)14(7)5-15/h5,7H,4H2,1-3H3,(H,11,13,16)/t7-/m1/s1. The molecule has 1 aromatic heterocycles. The predicted octanol–water partition coefficient (Wildman–Crippen LogP) is 1.09. The van der Waals surface area contributed by atoms with Crippen LogP contribution in [-0.2, 0) is 9.59 Å². The Morgan fingerprint density at radius 2 is 2.28 bits per heavy atom. The lowest BCUT2D eigenvalue weighted by molar-refractivity contribution is -0.130. The summed E-state index contributed by atoms with van der Waals surface area (Å²) in [6.07, 6.45) is 0.732. The Labute approximate surface area is 113 Å². The molecule has 1 N–H and O–H groups in total. The summed E-state index contributed by atoms with van der Waals surface area (Å²) in [5.74, 6) is 0.381. The van der Waals surface area contributed by atoms with E-state index in [9.17, 15) is 9.59 Å². The van der Waals surface area contributed by atoms with Crippen molar-refractivity contribution in [1.29, 1.82) is 0 Å². The van der Waals surface area contributed by atoms with Gasteiger partial charge in [-0.05, 0) is 20.8 Å². The molecule has 1 aromatic rings. The minimum Gasteiger partial charge on any atom is -0.318 e. The summed E-state index contributed by atoms with van der Waals surface area (Å²) in [6, 6.07) is -0.452. The number of hydrogen-bond acceptors (Lipinski definition) is 6. The lowest BCUT2D eigenvalue weighted by Gasteiger charge is -2.29. The molecule has 0 unspecified atom stereocenters. The van der Waals surface area contributed by atoms with Crippen molar-refractivity contribution in [2.75, 3.05) is 11.1 Å². The second-order valence-electron chi connectivity index (χ2n) is 4.40. The third-order valence-corrected chi connectivity index (χ3v) is 4.88. The molecule has 0 aromatic carbocycles. The minimum absolute atomic E-state index is 0.212. The van der Waals surface area contributed by atoms with Crippen LogP contribution in [-0.4, -0.2) is 44.1 Å². The number of amides is 2. The first-order chi connectivity index (χ1) is 8.44. The van der Waals surface area contributed by atoms with Crippen LogP contribution in [0, 0.1) is 6.92 Å². The highest BCUT2D eigenvalue weighted by molar-refractivity contribution is 8.00. The van der Waals surface area contributed by atoms with Crippen molar-refractivity contribution >= 4 is 40.5 Å². The first-order valence-corrected chi connectivity index (χ1v) is 7.23. The van der Waals surface area contributed by atoms with Gasteiger partial charge < -0.3 is 4.90 Å². The Bertz CT molecular complexity index is 474. The number of nitrogens with zero attached hydrogens (tertiary/aromatic N) is 3. The number of aryl methyl sites for hydroxylation is 1. The molecule has 18 heavy (non-hydrogen) atoms. The van der Waals surface area contributed by atoms with E-state index in [2.05, 4.69) is 15.5 Å². The van der Waals surface area contributed by atoms with Gasteiger partial charge in [-0.2, -0.15) is 0 Å². The Hall–Kier alpha value is -1.15. The summed E-state index contributed by atoms with van der Waals surface area (Å²) in [5.41, 5.74) is 0. The van der Waals surface area contributed by atoms with Gasteiger partial charge in [-0.15, -0.1) is 22.0 Å². The second kappa shape index (κ2) is 4.85. The van der Waals surface area contributed by atoms with Gasteiger partial charge in [0.2, 0.25) is 17.4 Å². The van der Waals surface area contributed by atoms with Crippen LogP contribution >= 0.6 is 23.1 Å². The largest absolute Gasteiger partial charge is 0.318 e. The van der Waals surface area contributed by atoms with Gasteiger partial charge >= 0.3 is 0 Å². The third kappa shape index (κ3) is 2.49. The van der Waals surface area contributed by atoms with Crippen LogP contribution in [0.25, 0.3) is 0 Å². The van der Waals surface area contributed by atoms with E-state index in [0.717, 1.165) is 11.4 Å². The van der Waals surface area contributed by atoms with E-state index in [-0.39, 0.29) is 10.8 Å². The number of anilines is 1.